The van der Waals surface area contributed by atoms with Gasteiger partial charge in [-0.25, -0.2) is 0 Å². The minimum Gasteiger partial charge on any atom is -0.383 e. The van der Waals surface area contributed by atoms with Crippen LogP contribution >= 0.6 is 11.8 Å². The van der Waals surface area contributed by atoms with Crippen LogP contribution in [0.5, 0.6) is 0 Å². The van der Waals surface area contributed by atoms with Crippen molar-refractivity contribution in [2.45, 2.75) is 60.8 Å². The van der Waals surface area contributed by atoms with Crippen molar-refractivity contribution in [2.75, 3.05) is 31.8 Å². The average Bonchev–Trinajstić information content (AvgIpc) is 3.50. The summed E-state index contributed by atoms with van der Waals surface area (Å²) in [7, 11) is 1.57. The van der Waals surface area contributed by atoms with Gasteiger partial charge < -0.3 is 25.0 Å². The summed E-state index contributed by atoms with van der Waals surface area (Å²) in [5.41, 5.74) is -0.465. The van der Waals surface area contributed by atoms with Crippen molar-refractivity contribution in [3.63, 3.8) is 0 Å². The number of ether oxygens (including phenoxy) is 2. The zero-order valence-corrected chi connectivity index (χ0v) is 21.0. The molecule has 5 atom stereocenters. The fourth-order valence-electron chi connectivity index (χ4n) is 6.15. The van der Waals surface area contributed by atoms with Crippen molar-refractivity contribution < 1.29 is 23.9 Å². The number of carbonyl (C=O) groups is 3. The standard InChI is InChI=1S/C26H33N3O5S/c1-33-14-13-29-22(24(31)27-16-7-4-3-5-8-16)26-12-11-19(34-26)20(21(26)25(29)32)23(30)28-17-9-6-10-18(15-17)35-2/h6,9-12,15-16,19-22H,3-5,7-8,13-14H2,1-2H3,(H,27,31)(H,28,30)/t19-,20-,21-,22+,26+/m1/s1. The molecule has 188 valence electrons. The summed E-state index contributed by atoms with van der Waals surface area (Å²) >= 11 is 1.59. The van der Waals surface area contributed by atoms with Crippen molar-refractivity contribution in [3.05, 3.63) is 36.4 Å². The summed E-state index contributed by atoms with van der Waals surface area (Å²) in [6.07, 6.45) is 10.4. The van der Waals surface area contributed by atoms with E-state index in [1.165, 1.54) is 6.42 Å². The lowest BCUT2D eigenvalue weighted by molar-refractivity contribution is -0.142. The van der Waals surface area contributed by atoms with E-state index < -0.39 is 29.6 Å². The molecule has 35 heavy (non-hydrogen) atoms. The molecule has 0 aromatic heterocycles. The van der Waals surface area contributed by atoms with Crippen molar-refractivity contribution in [3.8, 4) is 0 Å². The number of nitrogens with zero attached hydrogens (tertiary/aromatic N) is 1. The van der Waals surface area contributed by atoms with E-state index >= 15 is 0 Å². The van der Waals surface area contributed by atoms with E-state index in [0.717, 1.165) is 30.6 Å². The summed E-state index contributed by atoms with van der Waals surface area (Å²) in [6, 6.07) is 6.89. The number of benzene rings is 1. The fourth-order valence-corrected chi connectivity index (χ4v) is 6.61. The topological polar surface area (TPSA) is 97.0 Å². The van der Waals surface area contributed by atoms with Gasteiger partial charge in [-0.1, -0.05) is 37.5 Å². The van der Waals surface area contributed by atoms with Gasteiger partial charge in [0.25, 0.3) is 0 Å². The number of hydrogen-bond acceptors (Lipinski definition) is 6. The third kappa shape index (κ3) is 4.27. The number of amides is 3. The number of anilines is 1. The first-order chi connectivity index (χ1) is 17.0. The van der Waals surface area contributed by atoms with Crippen molar-refractivity contribution in [1.29, 1.82) is 0 Å². The summed E-state index contributed by atoms with van der Waals surface area (Å²) in [5.74, 6) is -2.15. The third-order valence-corrected chi connectivity index (χ3v) is 8.48. The van der Waals surface area contributed by atoms with Crippen LogP contribution in [0.4, 0.5) is 5.69 Å². The van der Waals surface area contributed by atoms with E-state index in [1.54, 1.807) is 23.8 Å². The molecule has 3 aliphatic heterocycles. The van der Waals surface area contributed by atoms with E-state index in [-0.39, 0.29) is 30.3 Å². The maximum Gasteiger partial charge on any atom is 0.246 e. The molecule has 8 nitrogen and oxygen atoms in total. The van der Waals surface area contributed by atoms with Crippen LogP contribution < -0.4 is 10.6 Å². The second-order valence-electron chi connectivity index (χ2n) is 9.79. The van der Waals surface area contributed by atoms with Gasteiger partial charge in [-0.3, -0.25) is 14.4 Å². The van der Waals surface area contributed by atoms with E-state index in [0.29, 0.717) is 12.3 Å². The number of methoxy groups -OCH3 is 1. The Kier molecular flexibility index (Phi) is 6.92. The van der Waals surface area contributed by atoms with E-state index in [2.05, 4.69) is 10.6 Å². The fraction of sp³-hybridized carbons (Fsp3) is 0.577. The predicted molar refractivity (Wildman–Crippen MR) is 133 cm³/mol. The van der Waals surface area contributed by atoms with E-state index in [4.69, 9.17) is 9.47 Å². The lowest BCUT2D eigenvalue weighted by Gasteiger charge is -2.34. The number of fused-ring (bicyclic) bond motifs is 1. The molecule has 3 fully saturated rings. The van der Waals surface area contributed by atoms with Gasteiger partial charge in [-0.05, 0) is 37.3 Å². The molecular formula is C26H33N3O5S. The molecule has 1 aromatic rings. The monoisotopic (exact) mass is 499 g/mol. The lowest BCUT2D eigenvalue weighted by atomic mass is 9.74. The Bertz CT molecular complexity index is 1030. The van der Waals surface area contributed by atoms with Gasteiger partial charge in [-0.15, -0.1) is 11.8 Å². The first-order valence-corrected chi connectivity index (χ1v) is 13.6. The molecule has 4 aliphatic rings. The highest BCUT2D eigenvalue weighted by Crippen LogP contribution is 2.55. The summed E-state index contributed by atoms with van der Waals surface area (Å²) < 4.78 is 11.6. The van der Waals surface area contributed by atoms with Crippen molar-refractivity contribution in [2.24, 2.45) is 11.8 Å². The average molecular weight is 500 g/mol. The maximum atomic E-state index is 13.7. The number of nitrogens with one attached hydrogen (secondary N) is 2. The van der Waals surface area contributed by atoms with Gasteiger partial charge in [0, 0.05) is 30.3 Å². The van der Waals surface area contributed by atoms with E-state index in [9.17, 15) is 14.4 Å². The van der Waals surface area contributed by atoms with Gasteiger partial charge in [0.2, 0.25) is 17.7 Å². The molecule has 1 saturated carbocycles. The quantitative estimate of drug-likeness (QED) is 0.422. The molecule has 1 aromatic carbocycles. The van der Waals surface area contributed by atoms with Gasteiger partial charge in [0.15, 0.2) is 0 Å². The molecule has 0 radical (unpaired) electrons. The number of hydrogen-bond donors (Lipinski definition) is 2. The van der Waals surface area contributed by atoms with Crippen LogP contribution in [-0.4, -0.2) is 72.9 Å². The molecule has 2 bridgehead atoms. The Balaban J connectivity index is 1.41. The van der Waals surface area contributed by atoms with Crippen LogP contribution in [0.2, 0.25) is 0 Å². The van der Waals surface area contributed by atoms with Crippen LogP contribution in [0.15, 0.2) is 41.3 Å². The molecule has 3 heterocycles. The Morgan fingerprint density at radius 1 is 1.23 bits per heavy atom. The Morgan fingerprint density at radius 3 is 2.77 bits per heavy atom. The zero-order chi connectivity index (χ0) is 24.6. The number of likely N-dealkylation sites (tertiary alicyclic amines) is 1. The molecule has 3 amide bonds. The smallest absolute Gasteiger partial charge is 0.246 e. The highest BCUT2D eigenvalue weighted by Gasteiger charge is 2.72. The number of carbonyl (C=O) groups excluding carboxylic acids is 3. The highest BCUT2D eigenvalue weighted by molar-refractivity contribution is 7.98. The normalized spacial score (nSPS) is 31.6. The van der Waals surface area contributed by atoms with Gasteiger partial charge >= 0.3 is 0 Å². The molecular weight excluding hydrogens is 466 g/mol. The van der Waals surface area contributed by atoms with Crippen LogP contribution in [0.1, 0.15) is 32.1 Å². The maximum absolute atomic E-state index is 13.7. The molecule has 1 aliphatic carbocycles. The molecule has 0 unspecified atom stereocenters. The van der Waals surface area contributed by atoms with Crippen LogP contribution in [0.25, 0.3) is 0 Å². The highest BCUT2D eigenvalue weighted by atomic mass is 32.2. The predicted octanol–water partition coefficient (Wildman–Crippen LogP) is 2.59. The number of rotatable bonds is 8. The largest absolute Gasteiger partial charge is 0.383 e. The minimum absolute atomic E-state index is 0.108. The Morgan fingerprint density at radius 2 is 2.03 bits per heavy atom. The SMILES string of the molecule is COCCN1C(=O)[C@H]2[C@H](C(=O)Nc3cccc(SC)c3)[C@H]3C=C[C@@]2(O3)[C@@H]1C(=O)NC1CCCCC1. The zero-order valence-electron chi connectivity index (χ0n) is 20.2. The van der Waals surface area contributed by atoms with Crippen molar-refractivity contribution in [1.82, 2.24) is 10.2 Å². The Labute approximate surface area is 210 Å². The third-order valence-electron chi connectivity index (χ3n) is 7.75. The molecule has 1 spiro atoms. The molecule has 2 saturated heterocycles. The van der Waals surface area contributed by atoms with Crippen molar-refractivity contribution >= 4 is 35.2 Å². The lowest BCUT2D eigenvalue weighted by Crippen LogP contribution is -2.57. The van der Waals surface area contributed by atoms with E-state index in [1.807, 2.05) is 42.7 Å². The summed E-state index contributed by atoms with van der Waals surface area (Å²) in [6.45, 7) is 0.565. The summed E-state index contributed by atoms with van der Waals surface area (Å²) in [4.78, 5) is 43.4. The molecule has 9 heteroatoms. The van der Waals surface area contributed by atoms with Crippen LogP contribution in [0.3, 0.4) is 0 Å². The van der Waals surface area contributed by atoms with Gasteiger partial charge in [-0.2, -0.15) is 0 Å². The first-order valence-electron chi connectivity index (χ1n) is 12.4. The number of thioether (sulfide) groups is 1. The van der Waals surface area contributed by atoms with Crippen LogP contribution in [-0.2, 0) is 23.9 Å². The van der Waals surface area contributed by atoms with Crippen LogP contribution in [0, 0.1) is 11.8 Å². The molecule has 2 N–H and O–H groups in total. The van der Waals surface area contributed by atoms with Gasteiger partial charge in [0.1, 0.15) is 11.6 Å². The first kappa shape index (κ1) is 24.3. The van der Waals surface area contributed by atoms with Gasteiger partial charge in [0.05, 0.1) is 24.5 Å². The molecule has 5 rings (SSSR count). The second kappa shape index (κ2) is 9.95. The minimum atomic E-state index is -1.14. The summed E-state index contributed by atoms with van der Waals surface area (Å²) in [5, 5.41) is 6.16. The second-order valence-corrected chi connectivity index (χ2v) is 10.7. The Hall–Kier alpha value is -2.36.